The summed E-state index contributed by atoms with van der Waals surface area (Å²) in [5.41, 5.74) is 8.02. The first-order valence-electron chi connectivity index (χ1n) is 5.03. The standard InChI is InChI=1S/C9H19N3S/c10-12-11-8-6-4-2-1-3-5-7-9-13/h13H,1-9H2. The number of azide groups is 1. The molecule has 0 aromatic rings. The fraction of sp³-hybridized carbons (Fsp3) is 1.00. The van der Waals surface area contributed by atoms with E-state index in [0.717, 1.165) is 12.2 Å². The molecule has 0 aromatic carbocycles. The van der Waals surface area contributed by atoms with Crippen LogP contribution in [0.4, 0.5) is 0 Å². The van der Waals surface area contributed by atoms with Crippen LogP contribution < -0.4 is 0 Å². The van der Waals surface area contributed by atoms with E-state index < -0.39 is 0 Å². The van der Waals surface area contributed by atoms with Crippen molar-refractivity contribution in [2.75, 3.05) is 12.3 Å². The molecule has 0 aliphatic carbocycles. The summed E-state index contributed by atoms with van der Waals surface area (Å²) in [6.45, 7) is 0.660. The normalized spacial score (nSPS) is 9.62. The highest BCUT2D eigenvalue weighted by Crippen LogP contribution is 2.07. The molecule has 0 amide bonds. The van der Waals surface area contributed by atoms with Gasteiger partial charge in [-0.1, -0.05) is 37.2 Å². The molecule has 13 heavy (non-hydrogen) atoms. The van der Waals surface area contributed by atoms with Crippen LogP contribution in [0.3, 0.4) is 0 Å². The van der Waals surface area contributed by atoms with E-state index in [4.69, 9.17) is 5.53 Å². The molecule has 0 saturated heterocycles. The van der Waals surface area contributed by atoms with Crippen LogP contribution in [0.5, 0.6) is 0 Å². The summed E-state index contributed by atoms with van der Waals surface area (Å²) < 4.78 is 0. The van der Waals surface area contributed by atoms with Crippen LogP contribution in [-0.2, 0) is 0 Å². The van der Waals surface area contributed by atoms with Crippen molar-refractivity contribution in [1.29, 1.82) is 0 Å². The van der Waals surface area contributed by atoms with Crippen LogP contribution in [0.15, 0.2) is 5.11 Å². The molecule has 0 N–H and O–H groups in total. The van der Waals surface area contributed by atoms with Crippen LogP contribution in [-0.4, -0.2) is 12.3 Å². The average Bonchev–Trinajstić information content (AvgIpc) is 2.16. The first-order chi connectivity index (χ1) is 6.41. The van der Waals surface area contributed by atoms with Gasteiger partial charge in [0.25, 0.3) is 0 Å². The Labute approximate surface area is 85.9 Å². The molecule has 0 rings (SSSR count). The largest absolute Gasteiger partial charge is 0.179 e. The van der Waals surface area contributed by atoms with E-state index in [-0.39, 0.29) is 0 Å². The molecule has 3 nitrogen and oxygen atoms in total. The highest BCUT2D eigenvalue weighted by Gasteiger charge is 1.90. The minimum atomic E-state index is 0.660. The zero-order valence-corrected chi connectivity index (χ0v) is 9.05. The molecule has 0 aliphatic heterocycles. The van der Waals surface area contributed by atoms with Crippen molar-refractivity contribution in [3.05, 3.63) is 10.4 Å². The third-order valence-electron chi connectivity index (χ3n) is 1.98. The van der Waals surface area contributed by atoms with Crippen molar-refractivity contribution < 1.29 is 0 Å². The summed E-state index contributed by atoms with van der Waals surface area (Å²) in [7, 11) is 0. The molecule has 0 spiro atoms. The lowest BCUT2D eigenvalue weighted by Gasteiger charge is -1.98. The summed E-state index contributed by atoms with van der Waals surface area (Å²) in [5.74, 6) is 1.01. The van der Waals surface area contributed by atoms with Gasteiger partial charge in [0, 0.05) is 11.5 Å². The van der Waals surface area contributed by atoms with Crippen molar-refractivity contribution in [2.24, 2.45) is 5.11 Å². The van der Waals surface area contributed by atoms with Crippen LogP contribution in [0, 0.1) is 0 Å². The molecule has 4 heteroatoms. The van der Waals surface area contributed by atoms with Gasteiger partial charge in [-0.05, 0) is 24.1 Å². The zero-order valence-electron chi connectivity index (χ0n) is 8.15. The lowest BCUT2D eigenvalue weighted by molar-refractivity contribution is 0.594. The molecule has 0 heterocycles. The van der Waals surface area contributed by atoms with Gasteiger partial charge in [-0.3, -0.25) is 0 Å². The second kappa shape index (κ2) is 11.7. The number of hydrogen-bond acceptors (Lipinski definition) is 2. The van der Waals surface area contributed by atoms with E-state index in [0.29, 0.717) is 6.54 Å². The molecule has 76 valence electrons. The summed E-state index contributed by atoms with van der Waals surface area (Å²) in [6, 6.07) is 0. The van der Waals surface area contributed by atoms with Gasteiger partial charge in [0.15, 0.2) is 0 Å². The zero-order chi connectivity index (χ0) is 9.78. The lowest BCUT2D eigenvalue weighted by atomic mass is 10.1. The van der Waals surface area contributed by atoms with Gasteiger partial charge >= 0.3 is 0 Å². The van der Waals surface area contributed by atoms with Gasteiger partial charge in [-0.2, -0.15) is 12.6 Å². The van der Waals surface area contributed by atoms with E-state index >= 15 is 0 Å². The minimum Gasteiger partial charge on any atom is -0.179 e. The molecular weight excluding hydrogens is 182 g/mol. The third kappa shape index (κ3) is 11.7. The monoisotopic (exact) mass is 201 g/mol. The molecule has 0 fully saturated rings. The predicted octanol–water partition coefficient (Wildman–Crippen LogP) is 3.96. The number of nitrogens with zero attached hydrogens (tertiary/aromatic N) is 3. The van der Waals surface area contributed by atoms with E-state index in [1.54, 1.807) is 0 Å². The van der Waals surface area contributed by atoms with Gasteiger partial charge in [0.1, 0.15) is 0 Å². The van der Waals surface area contributed by atoms with Crippen molar-refractivity contribution in [3.8, 4) is 0 Å². The second-order valence-electron chi connectivity index (χ2n) is 3.15. The Hall–Kier alpha value is -0.340. The van der Waals surface area contributed by atoms with E-state index in [9.17, 15) is 0 Å². The Morgan fingerprint density at radius 3 is 2.00 bits per heavy atom. The molecule has 0 radical (unpaired) electrons. The Kier molecular flexibility index (Phi) is 11.4. The Balaban J connectivity index is 2.87. The predicted molar refractivity (Wildman–Crippen MR) is 60.2 cm³/mol. The van der Waals surface area contributed by atoms with E-state index in [1.807, 2.05) is 0 Å². The van der Waals surface area contributed by atoms with Crippen molar-refractivity contribution in [3.63, 3.8) is 0 Å². The van der Waals surface area contributed by atoms with Crippen LogP contribution in [0.1, 0.15) is 44.9 Å². The summed E-state index contributed by atoms with van der Waals surface area (Å²) in [4.78, 5) is 2.71. The smallest absolute Gasteiger partial charge is 0.0257 e. The maximum Gasteiger partial charge on any atom is 0.0257 e. The average molecular weight is 201 g/mol. The Bertz CT molecular complexity index is 144. The first-order valence-corrected chi connectivity index (χ1v) is 5.66. The van der Waals surface area contributed by atoms with Crippen LogP contribution >= 0.6 is 12.6 Å². The van der Waals surface area contributed by atoms with Crippen molar-refractivity contribution in [2.45, 2.75) is 44.9 Å². The van der Waals surface area contributed by atoms with Crippen molar-refractivity contribution in [1.82, 2.24) is 0 Å². The summed E-state index contributed by atoms with van der Waals surface area (Å²) in [6.07, 6.45) is 8.68. The number of unbranched alkanes of at least 4 members (excludes halogenated alkanes) is 6. The number of thiol groups is 1. The highest BCUT2D eigenvalue weighted by atomic mass is 32.1. The van der Waals surface area contributed by atoms with Gasteiger partial charge < -0.3 is 0 Å². The Morgan fingerprint density at radius 1 is 0.923 bits per heavy atom. The van der Waals surface area contributed by atoms with Gasteiger partial charge in [-0.25, -0.2) is 0 Å². The summed E-state index contributed by atoms with van der Waals surface area (Å²) in [5, 5.41) is 3.49. The second-order valence-corrected chi connectivity index (χ2v) is 3.60. The van der Waals surface area contributed by atoms with E-state index in [1.165, 1.54) is 38.5 Å². The SMILES string of the molecule is [N-]=[N+]=NCCCCCCCCCS. The fourth-order valence-electron chi connectivity index (χ4n) is 1.22. The first kappa shape index (κ1) is 12.7. The molecule has 0 saturated carbocycles. The summed E-state index contributed by atoms with van der Waals surface area (Å²) >= 11 is 4.16. The number of hydrogen-bond donors (Lipinski definition) is 1. The van der Waals surface area contributed by atoms with Crippen LogP contribution in [0.2, 0.25) is 0 Å². The molecule has 0 bridgehead atoms. The quantitative estimate of drug-likeness (QED) is 0.193. The number of rotatable bonds is 9. The topological polar surface area (TPSA) is 48.8 Å². The van der Waals surface area contributed by atoms with Crippen LogP contribution in [0.25, 0.3) is 10.4 Å². The molecular formula is C9H19N3S. The molecule has 0 aliphatic rings. The molecule has 0 unspecified atom stereocenters. The molecule has 0 atom stereocenters. The minimum absolute atomic E-state index is 0.660. The van der Waals surface area contributed by atoms with Gasteiger partial charge in [-0.15, -0.1) is 0 Å². The van der Waals surface area contributed by atoms with Gasteiger partial charge in [0.2, 0.25) is 0 Å². The molecule has 0 aromatic heterocycles. The van der Waals surface area contributed by atoms with E-state index in [2.05, 4.69) is 22.7 Å². The fourth-order valence-corrected chi connectivity index (χ4v) is 1.45. The third-order valence-corrected chi connectivity index (χ3v) is 2.30. The lowest BCUT2D eigenvalue weighted by Crippen LogP contribution is -1.83. The maximum absolute atomic E-state index is 8.02. The van der Waals surface area contributed by atoms with Crippen molar-refractivity contribution >= 4 is 12.6 Å². The van der Waals surface area contributed by atoms with Gasteiger partial charge in [0.05, 0.1) is 0 Å². The Morgan fingerprint density at radius 2 is 1.46 bits per heavy atom. The highest BCUT2D eigenvalue weighted by molar-refractivity contribution is 7.80. The maximum atomic E-state index is 8.02.